The highest BCUT2D eigenvalue weighted by atomic mass is 19.3. The van der Waals surface area contributed by atoms with E-state index < -0.39 is 5.92 Å². The van der Waals surface area contributed by atoms with Crippen LogP contribution in [-0.2, 0) is 4.74 Å². The molecule has 2 atom stereocenters. The fourth-order valence-electron chi connectivity index (χ4n) is 4.35. The molecule has 1 aromatic heterocycles. The predicted molar refractivity (Wildman–Crippen MR) is 95.8 cm³/mol. The van der Waals surface area contributed by atoms with E-state index in [1.54, 1.807) is 4.90 Å². The molecule has 9 heteroatoms. The third-order valence-corrected chi connectivity index (χ3v) is 6.09. The van der Waals surface area contributed by atoms with Crippen LogP contribution in [0.1, 0.15) is 81.7 Å². The topological polar surface area (TPSA) is 80.5 Å². The highest BCUT2D eigenvalue weighted by Crippen LogP contribution is 2.36. The number of alkyl halides is 2. The van der Waals surface area contributed by atoms with Gasteiger partial charge in [0.1, 0.15) is 12.1 Å². The summed E-state index contributed by atoms with van der Waals surface area (Å²) < 4.78 is 38.0. The van der Waals surface area contributed by atoms with Gasteiger partial charge in [-0.05, 0) is 50.9 Å². The van der Waals surface area contributed by atoms with Gasteiger partial charge < -0.3 is 19.4 Å². The van der Waals surface area contributed by atoms with Gasteiger partial charge in [0.25, 0.3) is 0 Å². The van der Waals surface area contributed by atoms with Gasteiger partial charge in [-0.1, -0.05) is 0 Å². The van der Waals surface area contributed by atoms with Crippen LogP contribution in [0.15, 0.2) is 4.42 Å². The number of likely N-dealkylation sites (tertiary alicyclic amines) is 1. The molecule has 1 unspecified atom stereocenters. The number of piperidine rings is 1. The van der Waals surface area contributed by atoms with E-state index in [4.69, 9.17) is 9.15 Å². The lowest BCUT2D eigenvalue weighted by Crippen LogP contribution is -2.46. The lowest BCUT2D eigenvalue weighted by Gasteiger charge is -2.34. The van der Waals surface area contributed by atoms with Gasteiger partial charge in [-0.15, -0.1) is 10.2 Å². The van der Waals surface area contributed by atoms with Crippen molar-refractivity contribution in [2.45, 2.75) is 75.9 Å². The van der Waals surface area contributed by atoms with E-state index in [1.165, 1.54) is 0 Å². The summed E-state index contributed by atoms with van der Waals surface area (Å²) in [5, 5.41) is 11.2. The van der Waals surface area contributed by atoms with Gasteiger partial charge in [0, 0.05) is 32.5 Å². The third kappa shape index (κ3) is 4.45. The van der Waals surface area contributed by atoms with Crippen LogP contribution in [0.5, 0.6) is 0 Å². The molecule has 0 spiro atoms. The number of halogens is 2. The van der Waals surface area contributed by atoms with Crippen LogP contribution in [0.25, 0.3) is 0 Å². The zero-order chi connectivity index (χ0) is 19.6. The molecule has 3 aliphatic rings. The van der Waals surface area contributed by atoms with Crippen LogP contribution in [0.2, 0.25) is 0 Å². The number of carbonyl (C=O) groups excluding carboxylic acids is 1. The number of urea groups is 1. The molecule has 156 valence electrons. The summed E-state index contributed by atoms with van der Waals surface area (Å²) in [5.74, 6) is -1.49. The molecule has 4 rings (SSSR count). The van der Waals surface area contributed by atoms with Gasteiger partial charge in [-0.25, -0.2) is 13.6 Å². The molecule has 1 aliphatic carbocycles. The van der Waals surface area contributed by atoms with E-state index in [2.05, 4.69) is 15.5 Å². The van der Waals surface area contributed by atoms with Crippen molar-refractivity contribution >= 4 is 6.03 Å². The molecule has 3 fully saturated rings. The van der Waals surface area contributed by atoms with Crippen molar-refractivity contribution in [2.24, 2.45) is 5.92 Å². The predicted octanol–water partition coefficient (Wildman–Crippen LogP) is 3.98. The average Bonchev–Trinajstić information content (AvgIpc) is 3.38. The maximum absolute atomic E-state index is 13.3. The van der Waals surface area contributed by atoms with E-state index >= 15 is 0 Å². The summed E-state index contributed by atoms with van der Waals surface area (Å²) in [4.78, 5) is 14.5. The van der Waals surface area contributed by atoms with E-state index in [-0.39, 0.29) is 36.9 Å². The lowest BCUT2D eigenvalue weighted by molar-refractivity contribution is -0.0453. The van der Waals surface area contributed by atoms with E-state index in [1.807, 2.05) is 0 Å². The Hall–Kier alpha value is -1.77. The van der Waals surface area contributed by atoms with Crippen molar-refractivity contribution in [3.8, 4) is 0 Å². The van der Waals surface area contributed by atoms with Gasteiger partial charge in [0.05, 0.1) is 0 Å². The van der Waals surface area contributed by atoms with Crippen molar-refractivity contribution in [1.82, 2.24) is 20.4 Å². The molecule has 1 aromatic rings. The van der Waals surface area contributed by atoms with Crippen molar-refractivity contribution in [3.63, 3.8) is 0 Å². The Labute approximate surface area is 163 Å². The fourth-order valence-corrected chi connectivity index (χ4v) is 4.35. The van der Waals surface area contributed by atoms with Crippen molar-refractivity contribution in [2.75, 3.05) is 19.7 Å². The minimum absolute atomic E-state index is 0.0894. The first-order chi connectivity index (χ1) is 13.5. The summed E-state index contributed by atoms with van der Waals surface area (Å²) >= 11 is 0. The molecular formula is C19H28F2N4O3. The summed E-state index contributed by atoms with van der Waals surface area (Å²) in [5.41, 5.74) is 0. The second kappa shape index (κ2) is 8.31. The monoisotopic (exact) mass is 398 g/mol. The Morgan fingerprint density at radius 1 is 1.11 bits per heavy atom. The molecule has 0 bridgehead atoms. The van der Waals surface area contributed by atoms with Gasteiger partial charge in [0.2, 0.25) is 17.7 Å². The van der Waals surface area contributed by atoms with E-state index in [0.29, 0.717) is 44.3 Å². The normalized spacial score (nSPS) is 28.4. The van der Waals surface area contributed by atoms with Crippen LogP contribution < -0.4 is 5.32 Å². The first kappa shape index (κ1) is 19.5. The van der Waals surface area contributed by atoms with Crippen molar-refractivity contribution in [3.05, 3.63) is 11.8 Å². The highest BCUT2D eigenvalue weighted by Gasteiger charge is 2.36. The number of nitrogens with one attached hydrogen (secondary N) is 1. The number of aromatic nitrogens is 2. The van der Waals surface area contributed by atoms with Crippen LogP contribution in [-0.4, -0.2) is 46.7 Å². The van der Waals surface area contributed by atoms with Crippen molar-refractivity contribution < 1.29 is 22.7 Å². The molecule has 2 aliphatic heterocycles. The number of rotatable bonds is 4. The molecule has 7 nitrogen and oxygen atoms in total. The largest absolute Gasteiger partial charge is 0.420 e. The van der Waals surface area contributed by atoms with Crippen LogP contribution in [0.3, 0.4) is 0 Å². The first-order valence-electron chi connectivity index (χ1n) is 10.4. The smallest absolute Gasteiger partial charge is 0.318 e. The number of ether oxygens (including phenoxy) is 1. The number of hydrogen-bond acceptors (Lipinski definition) is 5. The maximum Gasteiger partial charge on any atom is 0.318 e. The molecule has 1 saturated carbocycles. The molecular weight excluding hydrogens is 370 g/mol. The van der Waals surface area contributed by atoms with Gasteiger partial charge in [-0.3, -0.25) is 0 Å². The fraction of sp³-hybridized carbons (Fsp3) is 0.842. The maximum atomic E-state index is 13.3. The molecule has 2 amide bonds. The first-order valence-corrected chi connectivity index (χ1v) is 10.4. The van der Waals surface area contributed by atoms with Gasteiger partial charge in [-0.2, -0.15) is 0 Å². The Balaban J connectivity index is 1.35. The standard InChI is InChI=1S/C19H28F2N4O3/c20-19(21)8-6-13(7-9-19)12-22-18(26)25-10-2-1-4-14(25)16-23-24-17(28-16)15-5-3-11-27-15/h13-15H,1-12H2,(H,22,26)/t14?,15-/m1/s1. The number of nitrogens with zero attached hydrogens (tertiary/aromatic N) is 3. The minimum Gasteiger partial charge on any atom is -0.420 e. The summed E-state index contributed by atoms with van der Waals surface area (Å²) in [6, 6.07) is -0.425. The highest BCUT2D eigenvalue weighted by molar-refractivity contribution is 5.74. The lowest BCUT2D eigenvalue weighted by atomic mass is 9.87. The summed E-state index contributed by atoms with van der Waals surface area (Å²) in [6.07, 6.45) is 5.12. The SMILES string of the molecule is O=C(NCC1CCC(F)(F)CC1)N1CCCCC1c1nnc([C@H]2CCCO2)o1. The average molecular weight is 398 g/mol. The molecule has 28 heavy (non-hydrogen) atoms. The van der Waals surface area contributed by atoms with E-state index in [9.17, 15) is 13.6 Å². The molecule has 3 heterocycles. The zero-order valence-corrected chi connectivity index (χ0v) is 16.0. The van der Waals surface area contributed by atoms with Crippen LogP contribution in [0.4, 0.5) is 13.6 Å². The number of carbonyl (C=O) groups is 1. The Morgan fingerprint density at radius 3 is 2.64 bits per heavy atom. The molecule has 0 radical (unpaired) electrons. The van der Waals surface area contributed by atoms with Crippen molar-refractivity contribution in [1.29, 1.82) is 0 Å². The van der Waals surface area contributed by atoms with Crippen LogP contribution in [0, 0.1) is 5.92 Å². The third-order valence-electron chi connectivity index (χ3n) is 6.09. The number of amides is 2. The molecule has 2 saturated heterocycles. The second-order valence-corrected chi connectivity index (χ2v) is 8.17. The van der Waals surface area contributed by atoms with Gasteiger partial charge in [0.15, 0.2) is 0 Å². The zero-order valence-electron chi connectivity index (χ0n) is 16.0. The molecule has 0 aromatic carbocycles. The Bertz CT molecular complexity index is 668. The Morgan fingerprint density at radius 2 is 1.89 bits per heavy atom. The van der Waals surface area contributed by atoms with Gasteiger partial charge >= 0.3 is 6.03 Å². The van der Waals surface area contributed by atoms with Crippen LogP contribution >= 0.6 is 0 Å². The quantitative estimate of drug-likeness (QED) is 0.830. The second-order valence-electron chi connectivity index (χ2n) is 8.17. The summed E-state index contributed by atoms with van der Waals surface area (Å²) in [7, 11) is 0. The molecule has 1 N–H and O–H groups in total. The van der Waals surface area contributed by atoms with E-state index in [0.717, 1.165) is 32.1 Å². The number of hydrogen-bond donors (Lipinski definition) is 1. The Kier molecular flexibility index (Phi) is 5.80. The minimum atomic E-state index is -2.54. The summed E-state index contributed by atoms with van der Waals surface area (Å²) in [6.45, 7) is 1.76.